The van der Waals surface area contributed by atoms with Gasteiger partial charge in [-0.25, -0.2) is 9.13 Å². The van der Waals surface area contributed by atoms with E-state index in [4.69, 9.17) is 0 Å². The van der Waals surface area contributed by atoms with Gasteiger partial charge in [0.2, 0.25) is 5.91 Å². The molecule has 2 amide bonds. The average molecular weight is 430 g/mol. The topological polar surface area (TPSA) is 83.6 Å². The number of amides is 2. The van der Waals surface area contributed by atoms with E-state index in [1.807, 2.05) is 30.5 Å². The highest BCUT2D eigenvalue weighted by Gasteiger charge is 2.51. The second kappa shape index (κ2) is 7.47. The van der Waals surface area contributed by atoms with Gasteiger partial charge in [-0.2, -0.15) is 0 Å². The molecule has 3 rings (SSSR count). The number of nitrogens with one attached hydrogen (secondary N) is 1. The quantitative estimate of drug-likeness (QED) is 0.521. The van der Waals surface area contributed by atoms with Gasteiger partial charge in [0.25, 0.3) is 5.91 Å². The van der Waals surface area contributed by atoms with E-state index >= 15 is 0 Å². The lowest BCUT2D eigenvalue weighted by molar-refractivity contribution is -0.122. The maximum atomic E-state index is 13.0. The van der Waals surface area contributed by atoms with Crippen molar-refractivity contribution in [3.63, 3.8) is 0 Å². The van der Waals surface area contributed by atoms with Crippen LogP contribution in [0.2, 0.25) is 0 Å². The average Bonchev–Trinajstić information content (AvgIpc) is 2.88. The van der Waals surface area contributed by atoms with Gasteiger partial charge in [0, 0.05) is 16.1 Å². The molecular weight excluding hydrogens is 407 g/mol. The third-order valence-electron chi connectivity index (χ3n) is 5.25. The van der Waals surface area contributed by atoms with E-state index in [0.717, 1.165) is 4.90 Å². The van der Waals surface area contributed by atoms with Crippen molar-refractivity contribution < 1.29 is 18.7 Å². The number of benzene rings is 2. The van der Waals surface area contributed by atoms with Crippen LogP contribution in [-0.2, 0) is 19.3 Å². The first-order valence-corrected chi connectivity index (χ1v) is 11.5. The van der Waals surface area contributed by atoms with Crippen molar-refractivity contribution in [3.05, 3.63) is 53.6 Å². The Morgan fingerprint density at radius 1 is 1.10 bits per heavy atom. The molecule has 1 heterocycles. The number of thioether (sulfide) groups is 1. The minimum Gasteiger partial charge on any atom is -0.322 e. The van der Waals surface area contributed by atoms with Gasteiger partial charge in [0.05, 0.1) is 11.1 Å². The Kier molecular flexibility index (Phi) is 5.50. The summed E-state index contributed by atoms with van der Waals surface area (Å²) in [4.78, 5) is 28.2. The Balaban J connectivity index is 1.99. The van der Waals surface area contributed by atoms with Gasteiger partial charge in [0.15, 0.2) is 5.28 Å². The second-order valence-corrected chi connectivity index (χ2v) is 10.4. The summed E-state index contributed by atoms with van der Waals surface area (Å²) in [5.74, 6) is -0.631. The van der Waals surface area contributed by atoms with Crippen LogP contribution in [0.25, 0.3) is 0 Å². The van der Waals surface area contributed by atoms with Crippen molar-refractivity contribution in [1.82, 2.24) is 0 Å². The van der Waals surface area contributed by atoms with Crippen LogP contribution in [0, 0.1) is 0 Å². The van der Waals surface area contributed by atoms with Crippen molar-refractivity contribution in [1.29, 1.82) is 0 Å². The summed E-state index contributed by atoms with van der Waals surface area (Å²) in [7, 11) is -2.91. The Morgan fingerprint density at radius 3 is 2.28 bits per heavy atom. The molecule has 0 fully saturated rings. The SMILES string of the molecule is CSc1ccc(NC(=O)c2ccc3c(c2)N(C(C)(C)P(=O)=O)C(=O)C3(C)C)cc1. The second-order valence-electron chi connectivity index (χ2n) is 7.93. The van der Waals surface area contributed by atoms with Gasteiger partial charge in [-0.15, -0.1) is 11.8 Å². The van der Waals surface area contributed by atoms with Crippen LogP contribution in [0.4, 0.5) is 11.4 Å². The molecule has 1 aliphatic rings. The molecule has 0 saturated heterocycles. The zero-order valence-corrected chi connectivity index (χ0v) is 18.7. The van der Waals surface area contributed by atoms with Gasteiger partial charge in [0.1, 0.15) is 0 Å². The summed E-state index contributed by atoms with van der Waals surface area (Å²) in [6.07, 6.45) is 1.98. The van der Waals surface area contributed by atoms with Crippen LogP contribution in [0.3, 0.4) is 0 Å². The number of rotatable bonds is 5. The maximum absolute atomic E-state index is 13.0. The highest BCUT2D eigenvalue weighted by molar-refractivity contribution is 7.98. The minimum absolute atomic E-state index is 0.304. The number of fused-ring (bicyclic) bond motifs is 1. The lowest BCUT2D eigenvalue weighted by atomic mass is 9.86. The molecule has 0 unspecified atom stereocenters. The highest BCUT2D eigenvalue weighted by atomic mass is 32.2. The molecule has 0 spiro atoms. The van der Waals surface area contributed by atoms with Crippen LogP contribution in [-0.4, -0.2) is 23.4 Å². The number of hydrogen-bond donors (Lipinski definition) is 1. The van der Waals surface area contributed by atoms with Crippen molar-refractivity contribution in [2.75, 3.05) is 16.5 Å². The highest BCUT2D eigenvalue weighted by Crippen LogP contribution is 2.48. The lowest BCUT2D eigenvalue weighted by Crippen LogP contribution is -2.46. The van der Waals surface area contributed by atoms with Crippen LogP contribution in [0.1, 0.15) is 43.6 Å². The number of hydrogen-bond acceptors (Lipinski definition) is 5. The zero-order valence-electron chi connectivity index (χ0n) is 17.0. The number of anilines is 2. The smallest absolute Gasteiger partial charge is 0.322 e. The molecular formula is C21H23N2O4PS. The van der Waals surface area contributed by atoms with Gasteiger partial charge >= 0.3 is 7.68 Å². The van der Waals surface area contributed by atoms with Crippen molar-refractivity contribution >= 4 is 42.6 Å². The van der Waals surface area contributed by atoms with Crippen LogP contribution >= 0.6 is 19.4 Å². The van der Waals surface area contributed by atoms with E-state index in [9.17, 15) is 18.7 Å². The molecule has 2 aromatic carbocycles. The maximum Gasteiger partial charge on any atom is 0.341 e. The number of carbonyl (C=O) groups excluding carboxylic acids is 2. The molecule has 8 heteroatoms. The summed E-state index contributed by atoms with van der Waals surface area (Å²) in [5, 5.41) is 1.43. The molecule has 0 aromatic heterocycles. The number of carbonyl (C=O) groups is 2. The monoisotopic (exact) mass is 430 g/mol. The molecule has 29 heavy (non-hydrogen) atoms. The predicted molar refractivity (Wildman–Crippen MR) is 116 cm³/mol. The van der Waals surface area contributed by atoms with Gasteiger partial charge in [-0.3, -0.25) is 14.5 Å². The fourth-order valence-corrected chi connectivity index (χ4v) is 4.16. The first-order valence-electron chi connectivity index (χ1n) is 9.09. The van der Waals surface area contributed by atoms with E-state index in [1.54, 1.807) is 43.8 Å². The molecule has 0 atom stereocenters. The standard InChI is InChI=1S/C21H23N2O4PS/c1-20(2)16-11-6-13(18(24)22-14-7-9-15(29-5)10-8-14)12-17(16)23(19(20)25)21(3,4)28(26)27/h6-12H,1-5H3,(H,22,24). The van der Waals surface area contributed by atoms with Gasteiger partial charge in [-0.05, 0) is 75.9 Å². The van der Waals surface area contributed by atoms with E-state index in [0.29, 0.717) is 22.5 Å². The Bertz CT molecular complexity index is 1050. The van der Waals surface area contributed by atoms with Crippen LogP contribution in [0.5, 0.6) is 0 Å². The van der Waals surface area contributed by atoms with E-state index in [1.165, 1.54) is 18.7 Å². The third-order valence-corrected chi connectivity index (χ3v) is 7.09. The molecule has 6 nitrogen and oxygen atoms in total. The molecule has 1 N–H and O–H groups in total. The fraction of sp³-hybridized carbons (Fsp3) is 0.333. The lowest BCUT2D eigenvalue weighted by Gasteiger charge is -2.30. The Labute approximate surface area is 174 Å². The molecule has 2 aromatic rings. The van der Waals surface area contributed by atoms with Crippen LogP contribution in [0.15, 0.2) is 47.4 Å². The summed E-state index contributed by atoms with van der Waals surface area (Å²) in [6.45, 7) is 6.49. The summed E-state index contributed by atoms with van der Waals surface area (Å²) >= 11 is 1.61. The Morgan fingerprint density at radius 2 is 1.72 bits per heavy atom. The molecule has 152 valence electrons. The van der Waals surface area contributed by atoms with Crippen molar-refractivity contribution in [2.24, 2.45) is 0 Å². The van der Waals surface area contributed by atoms with Crippen molar-refractivity contribution in [3.8, 4) is 0 Å². The summed E-state index contributed by atoms with van der Waals surface area (Å²) < 4.78 is 23.7. The van der Waals surface area contributed by atoms with E-state index < -0.39 is 18.4 Å². The zero-order chi connectivity index (χ0) is 21.6. The van der Waals surface area contributed by atoms with E-state index in [2.05, 4.69) is 5.32 Å². The molecule has 0 radical (unpaired) electrons. The minimum atomic E-state index is -2.91. The summed E-state index contributed by atoms with van der Waals surface area (Å²) in [6, 6.07) is 12.5. The van der Waals surface area contributed by atoms with Crippen molar-refractivity contribution in [2.45, 2.75) is 43.3 Å². The summed E-state index contributed by atoms with van der Waals surface area (Å²) in [5.41, 5.74) is 1.29. The molecule has 0 saturated carbocycles. The molecule has 1 aliphatic heterocycles. The first-order chi connectivity index (χ1) is 13.5. The normalized spacial score (nSPS) is 15.2. The number of nitrogens with zero attached hydrogens (tertiary/aromatic N) is 1. The Hall–Kier alpha value is -2.37. The predicted octanol–water partition coefficient (Wildman–Crippen LogP) is 5.19. The van der Waals surface area contributed by atoms with Gasteiger partial charge < -0.3 is 5.32 Å². The largest absolute Gasteiger partial charge is 0.341 e. The van der Waals surface area contributed by atoms with Gasteiger partial charge in [-0.1, -0.05) is 6.07 Å². The van der Waals surface area contributed by atoms with E-state index in [-0.39, 0.29) is 11.8 Å². The fourth-order valence-electron chi connectivity index (χ4n) is 3.39. The van der Waals surface area contributed by atoms with Crippen LogP contribution < -0.4 is 10.2 Å². The first kappa shape index (κ1) is 21.3. The molecule has 0 bridgehead atoms. The third kappa shape index (κ3) is 3.65. The molecule has 0 aliphatic carbocycles.